The van der Waals surface area contributed by atoms with Crippen molar-refractivity contribution < 1.29 is 4.79 Å². The molecular formula is C15H12BrClO. The lowest BCUT2D eigenvalue weighted by atomic mass is 9.97. The van der Waals surface area contributed by atoms with Crippen molar-refractivity contribution in [3.05, 3.63) is 68.1 Å². The molecule has 0 unspecified atom stereocenters. The molecule has 3 heteroatoms. The summed E-state index contributed by atoms with van der Waals surface area (Å²) in [5.41, 5.74) is 3.21. The van der Waals surface area contributed by atoms with Gasteiger partial charge in [-0.3, -0.25) is 4.79 Å². The molecule has 0 heterocycles. The van der Waals surface area contributed by atoms with Crippen molar-refractivity contribution in [2.45, 2.75) is 13.8 Å². The van der Waals surface area contributed by atoms with Crippen LogP contribution in [0.25, 0.3) is 0 Å². The van der Waals surface area contributed by atoms with Crippen LogP contribution >= 0.6 is 27.5 Å². The molecule has 2 rings (SSSR count). The second-order valence-corrected chi connectivity index (χ2v) is 5.58. The molecule has 18 heavy (non-hydrogen) atoms. The van der Waals surface area contributed by atoms with Gasteiger partial charge < -0.3 is 0 Å². The second kappa shape index (κ2) is 5.25. The molecule has 0 bridgehead atoms. The van der Waals surface area contributed by atoms with Crippen LogP contribution in [-0.4, -0.2) is 5.78 Å². The first kappa shape index (κ1) is 13.3. The maximum absolute atomic E-state index is 12.4. The average molecular weight is 324 g/mol. The van der Waals surface area contributed by atoms with E-state index in [2.05, 4.69) is 15.9 Å². The van der Waals surface area contributed by atoms with Crippen LogP contribution < -0.4 is 0 Å². The zero-order chi connectivity index (χ0) is 13.3. The van der Waals surface area contributed by atoms with Crippen LogP contribution in [0.1, 0.15) is 27.0 Å². The van der Waals surface area contributed by atoms with Gasteiger partial charge in [0.2, 0.25) is 0 Å². The van der Waals surface area contributed by atoms with Crippen molar-refractivity contribution in [1.29, 1.82) is 0 Å². The third kappa shape index (κ3) is 2.65. The van der Waals surface area contributed by atoms with E-state index in [9.17, 15) is 4.79 Å². The molecule has 1 nitrogen and oxygen atoms in total. The monoisotopic (exact) mass is 322 g/mol. The number of ketones is 1. The molecule has 0 aliphatic carbocycles. The Labute approximate surface area is 120 Å². The minimum atomic E-state index is 0.0276. The van der Waals surface area contributed by atoms with E-state index < -0.39 is 0 Å². The minimum Gasteiger partial charge on any atom is -0.289 e. The largest absolute Gasteiger partial charge is 0.289 e. The van der Waals surface area contributed by atoms with Gasteiger partial charge in [0.25, 0.3) is 0 Å². The third-order valence-corrected chi connectivity index (χ3v) is 3.79. The molecule has 0 spiro atoms. The second-order valence-electron chi connectivity index (χ2n) is 4.25. The number of carbonyl (C=O) groups excluding carboxylic acids is 1. The first-order valence-corrected chi connectivity index (χ1v) is 6.73. The van der Waals surface area contributed by atoms with Crippen molar-refractivity contribution >= 4 is 33.3 Å². The molecule has 0 aliphatic rings. The Morgan fingerprint density at radius 1 is 1.06 bits per heavy atom. The molecule has 0 saturated carbocycles. The molecule has 0 aliphatic heterocycles. The topological polar surface area (TPSA) is 17.1 Å². The van der Waals surface area contributed by atoms with E-state index in [1.165, 1.54) is 0 Å². The van der Waals surface area contributed by atoms with Gasteiger partial charge in [-0.05, 0) is 61.4 Å². The first-order valence-electron chi connectivity index (χ1n) is 5.56. The van der Waals surface area contributed by atoms with Crippen LogP contribution in [0.4, 0.5) is 0 Å². The van der Waals surface area contributed by atoms with E-state index in [0.717, 1.165) is 15.6 Å². The normalized spacial score (nSPS) is 10.4. The molecule has 0 aromatic heterocycles. The number of carbonyl (C=O) groups is 1. The maximum atomic E-state index is 12.4. The highest BCUT2D eigenvalue weighted by molar-refractivity contribution is 9.10. The molecular weight excluding hydrogens is 312 g/mol. The first-order chi connectivity index (χ1) is 8.49. The van der Waals surface area contributed by atoms with Crippen molar-refractivity contribution in [3.8, 4) is 0 Å². The zero-order valence-electron chi connectivity index (χ0n) is 10.1. The summed E-state index contributed by atoms with van der Waals surface area (Å²) in [7, 11) is 0. The smallest absolute Gasteiger partial charge is 0.193 e. The summed E-state index contributed by atoms with van der Waals surface area (Å²) in [4.78, 5) is 12.4. The standard InChI is InChI=1S/C15H12BrClO/c1-9-8-14(17)10(2)7-13(9)15(18)11-3-5-12(16)6-4-11/h3-8H,1-2H3. The van der Waals surface area contributed by atoms with Crippen molar-refractivity contribution in [2.75, 3.05) is 0 Å². The fourth-order valence-corrected chi connectivity index (χ4v) is 2.26. The van der Waals surface area contributed by atoms with Gasteiger partial charge in [-0.1, -0.05) is 27.5 Å². The maximum Gasteiger partial charge on any atom is 0.193 e. The predicted molar refractivity (Wildman–Crippen MR) is 78.5 cm³/mol. The number of benzene rings is 2. The lowest BCUT2D eigenvalue weighted by Crippen LogP contribution is -2.04. The van der Waals surface area contributed by atoms with Gasteiger partial charge in [0.05, 0.1) is 0 Å². The minimum absolute atomic E-state index is 0.0276. The number of hydrogen-bond donors (Lipinski definition) is 0. The Kier molecular flexibility index (Phi) is 3.88. The van der Waals surface area contributed by atoms with E-state index in [4.69, 9.17) is 11.6 Å². The van der Waals surface area contributed by atoms with Crippen molar-refractivity contribution in [1.82, 2.24) is 0 Å². The molecule has 0 saturated heterocycles. The van der Waals surface area contributed by atoms with Gasteiger partial charge in [0.15, 0.2) is 5.78 Å². The van der Waals surface area contributed by atoms with Crippen LogP contribution in [0.15, 0.2) is 40.9 Å². The number of halogens is 2. The van der Waals surface area contributed by atoms with Crippen molar-refractivity contribution in [3.63, 3.8) is 0 Å². The van der Waals surface area contributed by atoms with Crippen LogP contribution in [-0.2, 0) is 0 Å². The Bertz CT molecular complexity index is 603. The summed E-state index contributed by atoms with van der Waals surface area (Å²) in [6, 6.07) is 11.0. The molecule has 0 atom stereocenters. The average Bonchev–Trinajstić information content (AvgIpc) is 2.34. The fraction of sp³-hybridized carbons (Fsp3) is 0.133. The van der Waals surface area contributed by atoms with Gasteiger partial charge >= 0.3 is 0 Å². The van der Waals surface area contributed by atoms with E-state index >= 15 is 0 Å². The lowest BCUT2D eigenvalue weighted by Gasteiger charge is -2.08. The molecule has 0 N–H and O–H groups in total. The van der Waals surface area contributed by atoms with E-state index in [1.54, 1.807) is 0 Å². The van der Waals surface area contributed by atoms with Crippen LogP contribution in [0.2, 0.25) is 5.02 Å². The Morgan fingerprint density at radius 2 is 1.67 bits per heavy atom. The highest BCUT2D eigenvalue weighted by Gasteiger charge is 2.13. The highest BCUT2D eigenvalue weighted by atomic mass is 79.9. The lowest BCUT2D eigenvalue weighted by molar-refractivity contribution is 0.103. The van der Waals surface area contributed by atoms with Crippen LogP contribution in [0.3, 0.4) is 0 Å². The summed E-state index contributed by atoms with van der Waals surface area (Å²) >= 11 is 9.40. The third-order valence-electron chi connectivity index (χ3n) is 2.86. The predicted octanol–water partition coefficient (Wildman–Crippen LogP) is 4.95. The summed E-state index contributed by atoms with van der Waals surface area (Å²) < 4.78 is 0.961. The Hall–Kier alpha value is -1.12. The fourth-order valence-electron chi connectivity index (χ4n) is 1.78. The molecule has 0 radical (unpaired) electrons. The van der Waals surface area contributed by atoms with Crippen LogP contribution in [0, 0.1) is 13.8 Å². The summed E-state index contributed by atoms with van der Waals surface area (Å²) in [6.07, 6.45) is 0. The quantitative estimate of drug-likeness (QED) is 0.715. The van der Waals surface area contributed by atoms with Crippen LogP contribution in [0.5, 0.6) is 0 Å². The molecule has 92 valence electrons. The zero-order valence-corrected chi connectivity index (χ0v) is 12.5. The molecule has 0 amide bonds. The van der Waals surface area contributed by atoms with Gasteiger partial charge in [-0.15, -0.1) is 0 Å². The van der Waals surface area contributed by atoms with Gasteiger partial charge in [-0.25, -0.2) is 0 Å². The summed E-state index contributed by atoms with van der Waals surface area (Å²) in [5.74, 6) is 0.0276. The molecule has 2 aromatic carbocycles. The SMILES string of the molecule is Cc1cc(C(=O)c2ccc(Br)cc2)c(C)cc1Cl. The van der Waals surface area contributed by atoms with Crippen molar-refractivity contribution in [2.24, 2.45) is 0 Å². The van der Waals surface area contributed by atoms with Gasteiger partial charge in [0, 0.05) is 20.6 Å². The Balaban J connectivity index is 2.46. The van der Waals surface area contributed by atoms with Gasteiger partial charge in [-0.2, -0.15) is 0 Å². The Morgan fingerprint density at radius 3 is 2.28 bits per heavy atom. The van der Waals surface area contributed by atoms with E-state index in [1.807, 2.05) is 50.2 Å². The molecule has 0 fully saturated rings. The number of hydrogen-bond acceptors (Lipinski definition) is 1. The van der Waals surface area contributed by atoms with E-state index in [-0.39, 0.29) is 5.78 Å². The summed E-state index contributed by atoms with van der Waals surface area (Å²) in [5, 5.41) is 0.694. The van der Waals surface area contributed by atoms with Gasteiger partial charge in [0.1, 0.15) is 0 Å². The highest BCUT2D eigenvalue weighted by Crippen LogP contribution is 2.23. The van der Waals surface area contributed by atoms with E-state index in [0.29, 0.717) is 16.1 Å². The molecule has 2 aromatic rings. The number of aryl methyl sites for hydroxylation is 2. The summed E-state index contributed by atoms with van der Waals surface area (Å²) in [6.45, 7) is 3.80. The number of rotatable bonds is 2.